The van der Waals surface area contributed by atoms with Crippen molar-refractivity contribution in [1.82, 2.24) is 15.1 Å². The molecule has 0 spiro atoms. The van der Waals surface area contributed by atoms with E-state index in [1.165, 1.54) is 17.8 Å². The molecule has 7 nitrogen and oxygen atoms in total. The van der Waals surface area contributed by atoms with Crippen LogP contribution in [0.1, 0.15) is 5.56 Å². The Hall–Kier alpha value is -2.63. The van der Waals surface area contributed by atoms with E-state index in [0.29, 0.717) is 25.6 Å². The van der Waals surface area contributed by atoms with Crippen molar-refractivity contribution in [3.05, 3.63) is 60.2 Å². The lowest BCUT2D eigenvalue weighted by molar-refractivity contribution is -0.130. The molecule has 1 saturated heterocycles. The van der Waals surface area contributed by atoms with Gasteiger partial charge >= 0.3 is 6.61 Å². The van der Waals surface area contributed by atoms with Crippen LogP contribution in [0.5, 0.6) is 5.75 Å². The van der Waals surface area contributed by atoms with Crippen LogP contribution in [-0.2, 0) is 11.3 Å². The fraction of sp³-hybridized carbons (Fsp3) is 0.391. The number of rotatable bonds is 7. The lowest BCUT2D eigenvalue weighted by atomic mass is 10.2. The Morgan fingerprint density at radius 2 is 1.73 bits per heavy atom. The third-order valence-electron chi connectivity index (χ3n) is 5.29. The highest BCUT2D eigenvalue weighted by Gasteiger charge is 2.21. The molecule has 180 valence electrons. The SMILES string of the molecule is CN=C(NCC(=O)N1CCN(c2ccccc2)CC1)N(C)Cc1ccc(OC(F)F)cc1.I. The average Bonchev–Trinajstić information content (AvgIpc) is 2.81. The maximum atomic E-state index is 12.7. The van der Waals surface area contributed by atoms with E-state index in [4.69, 9.17) is 0 Å². The maximum absolute atomic E-state index is 12.7. The van der Waals surface area contributed by atoms with E-state index in [9.17, 15) is 13.6 Å². The molecule has 1 aliphatic rings. The third-order valence-corrected chi connectivity index (χ3v) is 5.29. The molecule has 2 aromatic rings. The van der Waals surface area contributed by atoms with Gasteiger partial charge in [0.25, 0.3) is 0 Å². The number of nitrogens with zero attached hydrogens (tertiary/aromatic N) is 4. The number of halogens is 3. The molecule has 0 aromatic heterocycles. The second-order valence-corrected chi connectivity index (χ2v) is 7.48. The molecule has 0 unspecified atom stereocenters. The number of benzene rings is 2. The van der Waals surface area contributed by atoms with Crippen LogP contribution in [0.15, 0.2) is 59.6 Å². The molecule has 1 fully saturated rings. The molecule has 33 heavy (non-hydrogen) atoms. The molecule has 2 aromatic carbocycles. The summed E-state index contributed by atoms with van der Waals surface area (Å²) >= 11 is 0. The number of ether oxygens (including phenoxy) is 1. The predicted octanol–water partition coefficient (Wildman–Crippen LogP) is 3.26. The highest BCUT2D eigenvalue weighted by molar-refractivity contribution is 14.0. The lowest BCUT2D eigenvalue weighted by Crippen LogP contribution is -2.52. The van der Waals surface area contributed by atoms with Gasteiger partial charge in [0.15, 0.2) is 5.96 Å². The second kappa shape index (κ2) is 13.2. The summed E-state index contributed by atoms with van der Waals surface area (Å²) in [5, 5.41) is 3.11. The third kappa shape index (κ3) is 8.02. The highest BCUT2D eigenvalue weighted by Crippen LogP contribution is 2.16. The van der Waals surface area contributed by atoms with Gasteiger partial charge in [0, 0.05) is 52.5 Å². The largest absolute Gasteiger partial charge is 0.435 e. The summed E-state index contributed by atoms with van der Waals surface area (Å²) in [5.74, 6) is 0.724. The minimum atomic E-state index is -2.84. The molecule has 1 heterocycles. The molecule has 0 radical (unpaired) electrons. The molecule has 0 saturated carbocycles. The number of guanidine groups is 1. The van der Waals surface area contributed by atoms with Gasteiger partial charge in [0.05, 0.1) is 6.54 Å². The van der Waals surface area contributed by atoms with Gasteiger partial charge in [-0.25, -0.2) is 0 Å². The van der Waals surface area contributed by atoms with Crippen molar-refractivity contribution in [2.24, 2.45) is 4.99 Å². The van der Waals surface area contributed by atoms with Crippen LogP contribution in [0.3, 0.4) is 0 Å². The average molecular weight is 573 g/mol. The first kappa shape index (κ1) is 26.6. The van der Waals surface area contributed by atoms with E-state index in [0.717, 1.165) is 18.7 Å². The van der Waals surface area contributed by atoms with E-state index >= 15 is 0 Å². The zero-order valence-electron chi connectivity index (χ0n) is 18.8. The van der Waals surface area contributed by atoms with Crippen LogP contribution < -0.4 is 15.0 Å². The van der Waals surface area contributed by atoms with E-state index in [1.54, 1.807) is 19.2 Å². The summed E-state index contributed by atoms with van der Waals surface area (Å²) < 4.78 is 28.9. The first-order chi connectivity index (χ1) is 15.5. The molecule has 1 aliphatic heterocycles. The van der Waals surface area contributed by atoms with Gasteiger partial charge in [-0.3, -0.25) is 9.79 Å². The van der Waals surface area contributed by atoms with Crippen LogP contribution in [0.2, 0.25) is 0 Å². The molecule has 0 atom stereocenters. The fourth-order valence-corrected chi connectivity index (χ4v) is 3.63. The van der Waals surface area contributed by atoms with Gasteiger partial charge < -0.3 is 24.8 Å². The number of para-hydroxylation sites is 1. The molecule has 3 rings (SSSR count). The summed E-state index contributed by atoms with van der Waals surface area (Å²) in [6.45, 7) is 0.770. The highest BCUT2D eigenvalue weighted by atomic mass is 127. The van der Waals surface area contributed by atoms with E-state index in [-0.39, 0.29) is 42.2 Å². The number of carbonyl (C=O) groups excluding carboxylic acids is 1. The van der Waals surface area contributed by atoms with Crippen molar-refractivity contribution >= 4 is 41.5 Å². The number of nitrogens with one attached hydrogen (secondary N) is 1. The minimum absolute atomic E-state index is 0. The molecule has 0 bridgehead atoms. The van der Waals surface area contributed by atoms with Crippen LogP contribution in [-0.4, -0.2) is 75.1 Å². The zero-order valence-corrected chi connectivity index (χ0v) is 21.1. The van der Waals surface area contributed by atoms with Crippen molar-refractivity contribution < 1.29 is 18.3 Å². The number of amides is 1. The lowest BCUT2D eigenvalue weighted by Gasteiger charge is -2.36. The smallest absolute Gasteiger partial charge is 0.387 e. The number of hydrogen-bond acceptors (Lipinski definition) is 4. The minimum Gasteiger partial charge on any atom is -0.435 e. The van der Waals surface area contributed by atoms with E-state index < -0.39 is 6.61 Å². The van der Waals surface area contributed by atoms with Gasteiger partial charge in [-0.05, 0) is 29.8 Å². The number of alkyl halides is 2. The molecule has 0 aliphatic carbocycles. The van der Waals surface area contributed by atoms with Crippen molar-refractivity contribution in [3.8, 4) is 5.75 Å². The number of piperazine rings is 1. The standard InChI is InChI=1S/C23H29F2N5O2.HI/c1-26-23(28(2)17-18-8-10-20(11-9-18)32-22(24)25)27-16-21(31)30-14-12-29(13-15-30)19-6-4-3-5-7-19;/h3-11,22H,12-17H2,1-2H3,(H,26,27);1H. The van der Waals surface area contributed by atoms with Gasteiger partial charge in [-0.15, -0.1) is 24.0 Å². The predicted molar refractivity (Wildman–Crippen MR) is 137 cm³/mol. The second-order valence-electron chi connectivity index (χ2n) is 7.48. The summed E-state index contributed by atoms with van der Waals surface area (Å²) in [4.78, 5) is 22.9. The number of aliphatic imine (C=N–C) groups is 1. The first-order valence-corrected chi connectivity index (χ1v) is 10.5. The van der Waals surface area contributed by atoms with E-state index in [2.05, 4.69) is 32.1 Å². The molecule has 1 amide bonds. The Morgan fingerprint density at radius 3 is 2.30 bits per heavy atom. The molecule has 10 heteroatoms. The fourth-order valence-electron chi connectivity index (χ4n) is 3.63. The van der Waals surface area contributed by atoms with Gasteiger partial charge in [-0.2, -0.15) is 8.78 Å². The number of hydrogen-bond donors (Lipinski definition) is 1. The Kier molecular flexibility index (Phi) is 10.6. The monoisotopic (exact) mass is 573 g/mol. The first-order valence-electron chi connectivity index (χ1n) is 10.5. The molecule has 1 N–H and O–H groups in total. The Morgan fingerprint density at radius 1 is 1.09 bits per heavy atom. The number of anilines is 1. The zero-order chi connectivity index (χ0) is 22.9. The molecular formula is C23H30F2IN5O2. The van der Waals surface area contributed by atoms with Crippen LogP contribution in [0.25, 0.3) is 0 Å². The summed E-state index contributed by atoms with van der Waals surface area (Å²) in [6, 6.07) is 16.6. The van der Waals surface area contributed by atoms with Crippen LogP contribution >= 0.6 is 24.0 Å². The molecular weight excluding hydrogens is 543 g/mol. The van der Waals surface area contributed by atoms with Crippen molar-refractivity contribution in [2.45, 2.75) is 13.2 Å². The Balaban J connectivity index is 0.00000385. The van der Waals surface area contributed by atoms with Gasteiger partial charge in [-0.1, -0.05) is 30.3 Å². The van der Waals surface area contributed by atoms with Crippen molar-refractivity contribution in [2.75, 3.05) is 51.7 Å². The van der Waals surface area contributed by atoms with Gasteiger partial charge in [0.1, 0.15) is 5.75 Å². The number of carbonyl (C=O) groups is 1. The van der Waals surface area contributed by atoms with Crippen LogP contribution in [0.4, 0.5) is 14.5 Å². The Bertz CT molecular complexity index is 891. The summed E-state index contributed by atoms with van der Waals surface area (Å²) in [6.07, 6.45) is 0. The van der Waals surface area contributed by atoms with Gasteiger partial charge in [0.2, 0.25) is 5.91 Å². The quantitative estimate of drug-likeness (QED) is 0.313. The van der Waals surface area contributed by atoms with Crippen molar-refractivity contribution in [1.29, 1.82) is 0 Å². The normalized spacial score (nSPS) is 14.0. The topological polar surface area (TPSA) is 60.4 Å². The summed E-state index contributed by atoms with van der Waals surface area (Å²) in [5.41, 5.74) is 2.08. The summed E-state index contributed by atoms with van der Waals surface area (Å²) in [7, 11) is 3.50. The maximum Gasteiger partial charge on any atom is 0.387 e. The van der Waals surface area contributed by atoms with E-state index in [1.807, 2.05) is 35.0 Å². The Labute approximate surface area is 210 Å². The van der Waals surface area contributed by atoms with Crippen LogP contribution in [0, 0.1) is 0 Å². The van der Waals surface area contributed by atoms with Crippen molar-refractivity contribution in [3.63, 3.8) is 0 Å².